The van der Waals surface area contributed by atoms with Gasteiger partial charge in [0.05, 0.1) is 6.10 Å². The Morgan fingerprint density at radius 1 is 1.14 bits per heavy atom. The minimum absolute atomic E-state index is 0.386. The van der Waals surface area contributed by atoms with Gasteiger partial charge in [-0.2, -0.15) is 0 Å². The smallest absolute Gasteiger partial charge is 0.328 e. The first-order valence-corrected chi connectivity index (χ1v) is 6.50. The van der Waals surface area contributed by atoms with Gasteiger partial charge in [0.2, 0.25) is 11.8 Å². The van der Waals surface area contributed by atoms with Crippen LogP contribution in [0.15, 0.2) is 30.3 Å². The predicted octanol–water partition coefficient (Wildman–Crippen LogP) is -0.775. The molecule has 1 rings (SSSR count). The number of carboxylic acids is 1. The molecule has 8 nitrogen and oxygen atoms in total. The van der Waals surface area contributed by atoms with Crippen molar-refractivity contribution in [2.45, 2.75) is 25.1 Å². The van der Waals surface area contributed by atoms with Gasteiger partial charge in [-0.25, -0.2) is 9.90 Å². The Morgan fingerprint density at radius 3 is 2.18 bits per heavy atom. The summed E-state index contributed by atoms with van der Waals surface area (Å²) < 4.78 is 0. The summed E-state index contributed by atoms with van der Waals surface area (Å²) in [6.45, 7) is 0.155. The summed E-state index contributed by atoms with van der Waals surface area (Å²) in [5, 5.41) is 33.3. The molecule has 0 fully saturated rings. The molecule has 1 unspecified atom stereocenters. The molecule has 0 aliphatic carbocycles. The Hall–Kier alpha value is -2.45. The third-order valence-corrected chi connectivity index (χ3v) is 2.88. The zero-order chi connectivity index (χ0) is 16.7. The molecule has 1 aromatic rings. The lowest BCUT2D eigenvalue weighted by Gasteiger charge is -2.22. The number of rotatable bonds is 7. The fourth-order valence-electron chi connectivity index (χ4n) is 1.77. The molecule has 0 bridgehead atoms. The highest BCUT2D eigenvalue weighted by atomic mass is 16.4. The molecule has 3 atom stereocenters. The molecule has 2 amide bonds. The van der Waals surface area contributed by atoms with Crippen molar-refractivity contribution in [3.8, 4) is 0 Å². The average Bonchev–Trinajstić information content (AvgIpc) is 2.49. The zero-order valence-corrected chi connectivity index (χ0v) is 11.9. The highest BCUT2D eigenvalue weighted by molar-refractivity contribution is 5.91. The van der Waals surface area contributed by atoms with E-state index in [0.29, 0.717) is 5.56 Å². The molecule has 0 saturated carbocycles. The maximum Gasteiger partial charge on any atom is 0.328 e. The van der Waals surface area contributed by atoms with E-state index in [2.05, 4.69) is 10.6 Å². The molecule has 22 heavy (non-hydrogen) atoms. The van der Waals surface area contributed by atoms with Crippen molar-refractivity contribution in [3.63, 3.8) is 0 Å². The summed E-state index contributed by atoms with van der Waals surface area (Å²) in [5.41, 5.74) is 0.386. The second kappa shape index (κ2) is 8.11. The van der Waals surface area contributed by atoms with Crippen LogP contribution in [0.1, 0.15) is 18.5 Å². The number of carbonyl (C=O) groups excluding carboxylic acids is 2. The highest BCUT2D eigenvalue weighted by Crippen LogP contribution is 2.13. The number of aliphatic hydroxyl groups excluding tert-OH is 1. The van der Waals surface area contributed by atoms with Crippen molar-refractivity contribution in [2.75, 3.05) is 6.61 Å². The first kappa shape index (κ1) is 17.6. The number of carboxylic acid groups (broad SMARTS) is 1. The molecular weight excluding hydrogens is 292 g/mol. The quantitative estimate of drug-likeness (QED) is 0.524. The van der Waals surface area contributed by atoms with Gasteiger partial charge in [0.1, 0.15) is 6.04 Å². The van der Waals surface area contributed by atoms with Gasteiger partial charge in [-0.1, -0.05) is 30.3 Å². The van der Waals surface area contributed by atoms with E-state index >= 15 is 0 Å². The molecule has 0 heterocycles. The number of amides is 2. The number of benzene rings is 1. The Bertz CT molecular complexity index is 531. The minimum atomic E-state index is -1.53. The lowest BCUT2D eigenvalue weighted by atomic mass is 10.0. The number of nitrogens with one attached hydrogen (secondary N) is 2. The van der Waals surface area contributed by atoms with Crippen LogP contribution >= 0.6 is 0 Å². The number of aliphatic carboxylic acids is 1. The number of hydrogen-bond donors (Lipinski definition) is 4. The van der Waals surface area contributed by atoms with Gasteiger partial charge in [-0.05, 0) is 12.5 Å². The van der Waals surface area contributed by atoms with Crippen molar-refractivity contribution in [1.82, 2.24) is 10.6 Å². The van der Waals surface area contributed by atoms with Crippen molar-refractivity contribution in [3.05, 3.63) is 35.9 Å². The van der Waals surface area contributed by atoms with E-state index in [1.165, 1.54) is 6.92 Å². The van der Waals surface area contributed by atoms with Gasteiger partial charge in [0, 0.05) is 0 Å². The van der Waals surface area contributed by atoms with E-state index in [0.717, 1.165) is 0 Å². The summed E-state index contributed by atoms with van der Waals surface area (Å²) in [6, 6.07) is 5.31. The molecule has 1 aromatic carbocycles. The third kappa shape index (κ3) is 4.83. The summed E-state index contributed by atoms with van der Waals surface area (Å²) in [4.78, 5) is 34.5. The highest BCUT2D eigenvalue weighted by Gasteiger charge is 2.30. The van der Waals surface area contributed by atoms with Gasteiger partial charge in [0.25, 0.3) is 0 Å². The van der Waals surface area contributed by atoms with E-state index in [9.17, 15) is 24.6 Å². The lowest BCUT2D eigenvalue weighted by molar-refractivity contribution is -0.145. The monoisotopic (exact) mass is 309 g/mol. The molecule has 1 radical (unpaired) electrons. The second-order valence-corrected chi connectivity index (χ2v) is 4.62. The fourth-order valence-corrected chi connectivity index (χ4v) is 1.77. The molecule has 8 heteroatoms. The molecule has 0 saturated heterocycles. The molecule has 0 aromatic heterocycles. The number of hydrogen-bond acceptors (Lipinski definition) is 4. The molecule has 0 aliphatic rings. The number of aliphatic hydroxyl groups is 1. The van der Waals surface area contributed by atoms with E-state index in [4.69, 9.17) is 5.11 Å². The Balaban J connectivity index is 2.98. The molecule has 4 N–H and O–H groups in total. The zero-order valence-electron chi connectivity index (χ0n) is 11.9. The van der Waals surface area contributed by atoms with Crippen molar-refractivity contribution >= 4 is 17.8 Å². The largest absolute Gasteiger partial charge is 0.480 e. The maximum absolute atomic E-state index is 12.2. The van der Waals surface area contributed by atoms with Gasteiger partial charge in [-0.3, -0.25) is 9.59 Å². The van der Waals surface area contributed by atoms with E-state index < -0.39 is 42.6 Å². The van der Waals surface area contributed by atoms with E-state index in [-0.39, 0.29) is 0 Å². The predicted molar refractivity (Wildman–Crippen MR) is 74.1 cm³/mol. The maximum atomic E-state index is 12.2. The van der Waals surface area contributed by atoms with Crippen LogP contribution in [0.5, 0.6) is 0 Å². The SMILES string of the molecule is C[C@@H](O)[C@@H](NC(=O)C(NC(=O)C[O])c1ccccc1)C(=O)O. The van der Waals surface area contributed by atoms with E-state index in [1.54, 1.807) is 30.3 Å². The average molecular weight is 309 g/mol. The van der Waals surface area contributed by atoms with Gasteiger partial charge >= 0.3 is 5.97 Å². The first-order chi connectivity index (χ1) is 10.4. The summed E-state index contributed by atoms with van der Waals surface area (Å²) in [7, 11) is 0. The second-order valence-electron chi connectivity index (χ2n) is 4.62. The molecular formula is C14H17N2O6. The van der Waals surface area contributed by atoms with Crippen molar-refractivity contribution in [2.24, 2.45) is 0 Å². The lowest BCUT2D eigenvalue weighted by Crippen LogP contribution is -2.51. The topological polar surface area (TPSA) is 136 Å². The van der Waals surface area contributed by atoms with Gasteiger partial charge in [-0.15, -0.1) is 0 Å². The normalized spacial score (nSPS) is 14.5. The van der Waals surface area contributed by atoms with Crippen LogP contribution in [0.4, 0.5) is 0 Å². The standard InChI is InChI=1S/C14H17N2O6/c1-8(18)11(14(21)22)16-13(20)12(15-10(19)7-17)9-5-3-2-4-6-9/h2-6,8,11-12,18H,7H2,1H3,(H,15,19)(H,16,20)(H,21,22)/t8-,11-,12?/m1/s1. The minimum Gasteiger partial charge on any atom is -0.480 e. The van der Waals surface area contributed by atoms with Crippen LogP contribution in [0.25, 0.3) is 0 Å². The van der Waals surface area contributed by atoms with Crippen LogP contribution in [-0.2, 0) is 19.5 Å². The Kier molecular flexibility index (Phi) is 6.48. The van der Waals surface area contributed by atoms with Crippen LogP contribution in [-0.4, -0.2) is 46.7 Å². The van der Waals surface area contributed by atoms with Crippen molar-refractivity contribution < 1.29 is 29.7 Å². The molecule has 0 aliphatic heterocycles. The van der Waals surface area contributed by atoms with Crippen LogP contribution < -0.4 is 10.6 Å². The summed E-state index contributed by atoms with van der Waals surface area (Å²) >= 11 is 0. The van der Waals surface area contributed by atoms with Crippen LogP contribution in [0.2, 0.25) is 0 Å². The fraction of sp³-hybridized carbons (Fsp3) is 0.357. The van der Waals surface area contributed by atoms with Gasteiger partial charge in [0.15, 0.2) is 12.6 Å². The van der Waals surface area contributed by atoms with Gasteiger partial charge < -0.3 is 20.8 Å². The van der Waals surface area contributed by atoms with Crippen LogP contribution in [0.3, 0.4) is 0 Å². The van der Waals surface area contributed by atoms with Crippen LogP contribution in [0, 0.1) is 0 Å². The third-order valence-electron chi connectivity index (χ3n) is 2.88. The van der Waals surface area contributed by atoms with E-state index in [1.807, 2.05) is 0 Å². The first-order valence-electron chi connectivity index (χ1n) is 6.50. The Labute approximate surface area is 126 Å². The Morgan fingerprint density at radius 2 is 1.73 bits per heavy atom. The number of carbonyl (C=O) groups is 3. The summed E-state index contributed by atoms with van der Waals surface area (Å²) in [6.07, 6.45) is -1.33. The summed E-state index contributed by atoms with van der Waals surface area (Å²) in [5.74, 6) is -3.14. The molecule has 119 valence electrons. The van der Waals surface area contributed by atoms with Crippen molar-refractivity contribution in [1.29, 1.82) is 0 Å². The molecule has 0 spiro atoms.